The zero-order valence-corrected chi connectivity index (χ0v) is 7.16. The summed E-state index contributed by atoms with van der Waals surface area (Å²) in [5.41, 5.74) is 0. The minimum atomic E-state index is -2.15. The number of hydrogen-bond acceptors (Lipinski definition) is 1. The van der Waals surface area contributed by atoms with E-state index in [1.807, 2.05) is 6.92 Å². The number of unbranched alkanes of at least 4 members (excludes halogenated alkanes) is 1. The van der Waals surface area contributed by atoms with Crippen LogP contribution in [-0.4, -0.2) is 11.1 Å². The van der Waals surface area contributed by atoms with Gasteiger partial charge in [0.2, 0.25) is 0 Å². The van der Waals surface area contributed by atoms with Crippen LogP contribution in [0.4, 0.5) is 0 Å². The molecule has 0 aromatic heterocycles. The van der Waals surface area contributed by atoms with Gasteiger partial charge in [0.05, 0.1) is 0 Å². The summed E-state index contributed by atoms with van der Waals surface area (Å²) in [4.78, 5) is 8.23. The first-order valence-electron chi connectivity index (χ1n) is 2.49. The maximum atomic E-state index is 9.94. The molecule has 0 aromatic rings. The average molecular weight is 174 g/mol. The van der Waals surface area contributed by atoms with E-state index in [2.05, 4.69) is 0 Å². The van der Waals surface area contributed by atoms with E-state index in [9.17, 15) is 4.57 Å². The summed E-state index contributed by atoms with van der Waals surface area (Å²) in [6.45, 7) is 2.00. The van der Waals surface area contributed by atoms with Gasteiger partial charge in [-0.05, 0) is 6.42 Å². The first kappa shape index (κ1) is 11.5. The van der Waals surface area contributed by atoms with E-state index in [4.69, 9.17) is 4.89 Å². The van der Waals surface area contributed by atoms with Crippen molar-refractivity contribution in [3.05, 3.63) is 0 Å². The third kappa shape index (κ3) is 9.87. The Hall–Kier alpha value is 0.722. The summed E-state index contributed by atoms with van der Waals surface area (Å²) >= 11 is 0. The van der Waals surface area contributed by atoms with Gasteiger partial charge in [-0.25, -0.2) is 0 Å². The molecule has 0 fully saturated rings. The summed E-state index contributed by atoms with van der Waals surface area (Å²) in [6, 6.07) is 0. The molecule has 0 aliphatic rings. The Morgan fingerprint density at radius 1 is 1.62 bits per heavy atom. The molecule has 0 saturated carbocycles. The van der Waals surface area contributed by atoms with Crippen molar-refractivity contribution in [3.8, 4) is 0 Å². The van der Waals surface area contributed by atoms with E-state index in [1.165, 1.54) is 0 Å². The van der Waals surface area contributed by atoms with E-state index >= 15 is 0 Å². The molecule has 0 aliphatic carbocycles. The average Bonchev–Trinajstić information content (AvgIpc) is 1.61. The Balaban J connectivity index is 0. The Morgan fingerprint density at radius 2 is 2.12 bits per heavy atom. The van der Waals surface area contributed by atoms with E-state index in [-0.39, 0.29) is 17.4 Å². The predicted octanol–water partition coefficient (Wildman–Crippen LogP) is 1.25. The van der Waals surface area contributed by atoms with Crippen LogP contribution in [0.3, 0.4) is 0 Å². The molecule has 1 N–H and O–H groups in total. The Bertz CT molecular complexity index is 67.1. The van der Waals surface area contributed by atoms with Crippen LogP contribution in [0.2, 0.25) is 0 Å². The van der Waals surface area contributed by atoms with Gasteiger partial charge in [-0.2, -0.15) is 0 Å². The van der Waals surface area contributed by atoms with Gasteiger partial charge < -0.3 is 4.89 Å². The molecular formula is C4H11CrO2P. The van der Waals surface area contributed by atoms with Gasteiger partial charge in [0.15, 0.2) is 8.03 Å². The topological polar surface area (TPSA) is 37.3 Å². The third-order valence-corrected chi connectivity index (χ3v) is 1.53. The van der Waals surface area contributed by atoms with E-state index in [1.54, 1.807) is 0 Å². The van der Waals surface area contributed by atoms with Crippen molar-refractivity contribution in [2.45, 2.75) is 19.8 Å². The van der Waals surface area contributed by atoms with Crippen molar-refractivity contribution >= 4 is 8.03 Å². The van der Waals surface area contributed by atoms with Crippen molar-refractivity contribution in [1.29, 1.82) is 0 Å². The van der Waals surface area contributed by atoms with Crippen molar-refractivity contribution in [2.75, 3.05) is 6.16 Å². The van der Waals surface area contributed by atoms with Crippen molar-refractivity contribution in [2.24, 2.45) is 0 Å². The quantitative estimate of drug-likeness (QED) is 0.654. The second kappa shape index (κ2) is 7.72. The third-order valence-electron chi connectivity index (χ3n) is 0.744. The largest absolute Gasteiger partial charge is 0.346 e. The Morgan fingerprint density at radius 3 is 2.25 bits per heavy atom. The van der Waals surface area contributed by atoms with Gasteiger partial charge in [-0.1, -0.05) is 13.3 Å². The molecule has 0 rings (SSSR count). The van der Waals surface area contributed by atoms with E-state index in [0.29, 0.717) is 6.16 Å². The van der Waals surface area contributed by atoms with Crippen molar-refractivity contribution in [3.63, 3.8) is 0 Å². The molecule has 0 heterocycles. The molecule has 0 aliphatic heterocycles. The van der Waals surface area contributed by atoms with Gasteiger partial charge in [0.1, 0.15) is 0 Å². The van der Waals surface area contributed by atoms with Crippen LogP contribution in [0, 0.1) is 0 Å². The smallest absolute Gasteiger partial charge is 0.189 e. The fraction of sp³-hybridized carbons (Fsp3) is 1.00. The van der Waals surface area contributed by atoms with Gasteiger partial charge in [-0.3, -0.25) is 4.57 Å². The van der Waals surface area contributed by atoms with Gasteiger partial charge in [0, 0.05) is 23.5 Å². The van der Waals surface area contributed by atoms with Crippen LogP contribution >= 0.6 is 8.03 Å². The molecule has 0 saturated heterocycles. The van der Waals surface area contributed by atoms with Crippen LogP contribution in [0.5, 0.6) is 0 Å². The molecule has 0 amide bonds. The van der Waals surface area contributed by atoms with Crippen molar-refractivity contribution in [1.82, 2.24) is 0 Å². The summed E-state index contributed by atoms with van der Waals surface area (Å²) in [7, 11) is -2.15. The zero-order chi connectivity index (χ0) is 5.70. The monoisotopic (exact) mass is 174 g/mol. The second-order valence-electron chi connectivity index (χ2n) is 1.50. The van der Waals surface area contributed by atoms with Gasteiger partial charge in [0.25, 0.3) is 0 Å². The Labute approximate surface area is 61.3 Å². The molecule has 50 valence electrons. The van der Waals surface area contributed by atoms with E-state index < -0.39 is 8.03 Å². The van der Waals surface area contributed by atoms with E-state index in [0.717, 1.165) is 12.8 Å². The molecule has 2 nitrogen and oxygen atoms in total. The van der Waals surface area contributed by atoms with Crippen LogP contribution < -0.4 is 0 Å². The standard InChI is InChI=1S/C4H11O2P.Cr/c1-2-3-4-7(5)6;/h7H,2-4H2,1H3,(H,5,6);. The van der Waals surface area contributed by atoms with Crippen molar-refractivity contribution < 1.29 is 26.8 Å². The van der Waals surface area contributed by atoms with Crippen LogP contribution in [0.1, 0.15) is 19.8 Å². The number of hydrogen-bond donors (Lipinski definition) is 1. The predicted molar refractivity (Wildman–Crippen MR) is 31.0 cm³/mol. The molecule has 0 radical (unpaired) electrons. The minimum absolute atomic E-state index is 0. The number of rotatable bonds is 3. The van der Waals surface area contributed by atoms with Crippen LogP contribution in [-0.2, 0) is 21.9 Å². The van der Waals surface area contributed by atoms with Gasteiger partial charge >= 0.3 is 0 Å². The zero-order valence-electron chi connectivity index (χ0n) is 4.89. The van der Waals surface area contributed by atoms with Gasteiger partial charge in [-0.15, -0.1) is 0 Å². The summed E-state index contributed by atoms with van der Waals surface area (Å²) in [5, 5.41) is 0. The Kier molecular flexibility index (Phi) is 11.1. The maximum absolute atomic E-state index is 9.94. The summed E-state index contributed by atoms with van der Waals surface area (Å²) < 4.78 is 9.94. The first-order chi connectivity index (χ1) is 3.27. The normalized spacial score (nSPS) is 12.2. The maximum Gasteiger partial charge on any atom is 0.189 e. The molecule has 0 bridgehead atoms. The van der Waals surface area contributed by atoms with Crippen LogP contribution in [0.15, 0.2) is 0 Å². The molecule has 8 heavy (non-hydrogen) atoms. The molecule has 0 spiro atoms. The van der Waals surface area contributed by atoms with Crippen LogP contribution in [0.25, 0.3) is 0 Å². The molecule has 1 atom stereocenters. The molecular weight excluding hydrogens is 163 g/mol. The molecule has 0 aromatic carbocycles. The first-order valence-corrected chi connectivity index (χ1v) is 4.05. The SMILES string of the molecule is CCCC[PH](=O)O.[Cr]. The fourth-order valence-corrected chi connectivity index (χ4v) is 0.984. The fourth-order valence-electron chi connectivity index (χ4n) is 0.328. The second-order valence-corrected chi connectivity index (χ2v) is 2.78. The summed E-state index contributed by atoms with van der Waals surface area (Å²) in [5.74, 6) is 0. The summed E-state index contributed by atoms with van der Waals surface area (Å²) in [6.07, 6.45) is 2.40. The minimum Gasteiger partial charge on any atom is -0.346 e. The molecule has 1 unspecified atom stereocenters. The molecule has 4 heteroatoms.